The Morgan fingerprint density at radius 2 is 1.92 bits per heavy atom. The Kier molecular flexibility index (Phi) is 12.8. The SMILES string of the molecule is CCCNc1nc(Nc2ccc(F)c(F)c2)ncc1C#CCCCNC(=O)[C@H](C)N(C)C(=O)C=CCN(C)C. The van der Waals surface area contributed by atoms with Crippen molar-refractivity contribution in [2.24, 2.45) is 0 Å². The summed E-state index contributed by atoms with van der Waals surface area (Å²) in [5.41, 5.74) is 0.918. The highest BCUT2D eigenvalue weighted by Gasteiger charge is 2.20. The summed E-state index contributed by atoms with van der Waals surface area (Å²) in [7, 11) is 5.41. The van der Waals surface area contributed by atoms with Crippen LogP contribution in [0.15, 0.2) is 36.5 Å². The molecule has 210 valence electrons. The Morgan fingerprint density at radius 1 is 1.15 bits per heavy atom. The van der Waals surface area contributed by atoms with Crippen LogP contribution in [0.4, 0.5) is 26.2 Å². The molecule has 1 atom stereocenters. The molecule has 0 saturated carbocycles. The fraction of sp³-hybridized carbons (Fsp3) is 0.429. The number of nitrogens with zero attached hydrogens (tertiary/aromatic N) is 4. The summed E-state index contributed by atoms with van der Waals surface area (Å²) >= 11 is 0. The molecule has 1 aromatic heterocycles. The van der Waals surface area contributed by atoms with Gasteiger partial charge in [0, 0.05) is 50.9 Å². The van der Waals surface area contributed by atoms with Crippen LogP contribution < -0.4 is 16.0 Å². The largest absolute Gasteiger partial charge is 0.369 e. The molecule has 1 aromatic carbocycles. The van der Waals surface area contributed by atoms with E-state index in [1.165, 1.54) is 17.0 Å². The first kappa shape index (κ1) is 31.2. The van der Waals surface area contributed by atoms with Gasteiger partial charge in [-0.25, -0.2) is 13.8 Å². The van der Waals surface area contributed by atoms with E-state index in [2.05, 4.69) is 37.8 Å². The van der Waals surface area contributed by atoms with Gasteiger partial charge < -0.3 is 25.8 Å². The number of nitrogens with one attached hydrogen (secondary N) is 3. The molecule has 0 bridgehead atoms. The zero-order valence-electron chi connectivity index (χ0n) is 23.1. The average Bonchev–Trinajstić information content (AvgIpc) is 2.90. The molecule has 2 rings (SSSR count). The summed E-state index contributed by atoms with van der Waals surface area (Å²) in [6.07, 6.45) is 6.81. The van der Waals surface area contributed by atoms with Crippen molar-refractivity contribution >= 4 is 29.3 Å². The molecule has 0 saturated heterocycles. The lowest BCUT2D eigenvalue weighted by molar-refractivity contribution is -0.135. The highest BCUT2D eigenvalue weighted by Crippen LogP contribution is 2.19. The molecule has 2 aromatic rings. The molecule has 3 N–H and O–H groups in total. The first-order valence-electron chi connectivity index (χ1n) is 12.8. The zero-order valence-corrected chi connectivity index (χ0v) is 23.1. The normalized spacial score (nSPS) is 11.6. The van der Waals surface area contributed by atoms with Gasteiger partial charge in [-0.05, 0) is 46.0 Å². The Labute approximate surface area is 229 Å². The summed E-state index contributed by atoms with van der Waals surface area (Å²) in [5.74, 6) is 4.50. The van der Waals surface area contributed by atoms with Crippen LogP contribution >= 0.6 is 0 Å². The average molecular weight is 542 g/mol. The van der Waals surface area contributed by atoms with Gasteiger partial charge in [-0.2, -0.15) is 4.98 Å². The summed E-state index contributed by atoms with van der Waals surface area (Å²) in [6, 6.07) is 2.85. The number of aromatic nitrogens is 2. The Bertz CT molecular complexity index is 1210. The molecule has 0 aliphatic heterocycles. The molecule has 2 amide bonds. The minimum atomic E-state index is -0.967. The number of hydrogen-bond acceptors (Lipinski definition) is 7. The number of unbranched alkanes of at least 4 members (excludes halogenated alkanes) is 1. The van der Waals surface area contributed by atoms with Crippen molar-refractivity contribution in [3.05, 3.63) is 53.7 Å². The monoisotopic (exact) mass is 541 g/mol. The third kappa shape index (κ3) is 10.7. The number of likely N-dealkylation sites (N-methyl/N-ethyl adjacent to an activating group) is 2. The quantitative estimate of drug-likeness (QED) is 0.203. The number of carbonyl (C=O) groups excluding carboxylic acids is 2. The second kappa shape index (κ2) is 16.0. The van der Waals surface area contributed by atoms with Crippen molar-refractivity contribution in [2.75, 3.05) is 51.4 Å². The predicted octanol–water partition coefficient (Wildman–Crippen LogP) is 3.53. The van der Waals surface area contributed by atoms with Gasteiger partial charge in [0.2, 0.25) is 17.8 Å². The van der Waals surface area contributed by atoms with Crippen LogP contribution in [0.25, 0.3) is 0 Å². The van der Waals surface area contributed by atoms with Crippen LogP contribution in [0.3, 0.4) is 0 Å². The number of benzene rings is 1. The van der Waals surface area contributed by atoms with Crippen LogP contribution in [-0.2, 0) is 9.59 Å². The molecule has 0 unspecified atom stereocenters. The van der Waals surface area contributed by atoms with Gasteiger partial charge in [0.25, 0.3) is 0 Å². The number of rotatable bonds is 13. The van der Waals surface area contributed by atoms with Gasteiger partial charge in [0.1, 0.15) is 11.9 Å². The fourth-order valence-corrected chi connectivity index (χ4v) is 3.16. The number of amides is 2. The van der Waals surface area contributed by atoms with Gasteiger partial charge in [0.15, 0.2) is 11.6 Å². The second-order valence-electron chi connectivity index (χ2n) is 9.12. The lowest BCUT2D eigenvalue weighted by Crippen LogP contribution is -2.45. The van der Waals surface area contributed by atoms with E-state index in [4.69, 9.17) is 0 Å². The minimum absolute atomic E-state index is 0.221. The molecular weight excluding hydrogens is 504 g/mol. The lowest BCUT2D eigenvalue weighted by Gasteiger charge is -2.23. The molecule has 0 fully saturated rings. The maximum absolute atomic E-state index is 13.5. The molecule has 0 radical (unpaired) electrons. The molecular formula is C28H37F2N7O2. The first-order chi connectivity index (χ1) is 18.6. The summed E-state index contributed by atoms with van der Waals surface area (Å²) in [4.78, 5) is 36.6. The maximum Gasteiger partial charge on any atom is 0.246 e. The van der Waals surface area contributed by atoms with Crippen molar-refractivity contribution in [1.82, 2.24) is 25.1 Å². The van der Waals surface area contributed by atoms with Crippen LogP contribution in [0.1, 0.15) is 38.7 Å². The van der Waals surface area contributed by atoms with Crippen LogP contribution in [0.5, 0.6) is 0 Å². The third-order valence-corrected chi connectivity index (χ3v) is 5.55. The van der Waals surface area contributed by atoms with E-state index in [1.54, 1.807) is 26.2 Å². The van der Waals surface area contributed by atoms with E-state index < -0.39 is 17.7 Å². The predicted molar refractivity (Wildman–Crippen MR) is 150 cm³/mol. The second-order valence-corrected chi connectivity index (χ2v) is 9.12. The van der Waals surface area contributed by atoms with Gasteiger partial charge in [-0.3, -0.25) is 9.59 Å². The van der Waals surface area contributed by atoms with E-state index in [1.807, 2.05) is 25.9 Å². The first-order valence-corrected chi connectivity index (χ1v) is 12.8. The molecule has 1 heterocycles. The Hall–Kier alpha value is -4.04. The number of anilines is 3. The Balaban J connectivity index is 1.89. The van der Waals surface area contributed by atoms with Crippen molar-refractivity contribution in [3.63, 3.8) is 0 Å². The van der Waals surface area contributed by atoms with Gasteiger partial charge in [0.05, 0.1) is 11.8 Å². The summed E-state index contributed by atoms with van der Waals surface area (Å²) in [5, 5.41) is 8.90. The van der Waals surface area contributed by atoms with Crippen molar-refractivity contribution < 1.29 is 18.4 Å². The van der Waals surface area contributed by atoms with Crippen molar-refractivity contribution in [1.29, 1.82) is 0 Å². The van der Waals surface area contributed by atoms with Gasteiger partial charge in [-0.15, -0.1) is 0 Å². The molecule has 11 heteroatoms. The molecule has 9 nitrogen and oxygen atoms in total. The standard InChI is InChI=1S/C28H37F2N7O2/c1-6-15-31-26-21(19-33-28(35-26)34-22-13-14-23(29)24(30)18-22)11-8-7-9-16-32-27(39)20(2)37(5)25(38)12-10-17-36(3)4/h10,12-14,18-20H,6-7,9,15-17H2,1-5H3,(H,32,39)(H2,31,33,34,35)/t20-/m0/s1. The Morgan fingerprint density at radius 3 is 2.62 bits per heavy atom. The van der Waals surface area contributed by atoms with E-state index in [0.29, 0.717) is 49.5 Å². The van der Waals surface area contributed by atoms with Gasteiger partial charge in [-0.1, -0.05) is 24.8 Å². The number of hydrogen-bond donors (Lipinski definition) is 3. The van der Waals surface area contributed by atoms with E-state index >= 15 is 0 Å². The van der Waals surface area contributed by atoms with Crippen molar-refractivity contribution in [2.45, 2.75) is 39.2 Å². The van der Waals surface area contributed by atoms with Gasteiger partial charge >= 0.3 is 0 Å². The highest BCUT2D eigenvalue weighted by atomic mass is 19.2. The summed E-state index contributed by atoms with van der Waals surface area (Å²) in [6.45, 7) is 5.43. The minimum Gasteiger partial charge on any atom is -0.369 e. The number of carbonyl (C=O) groups is 2. The van der Waals surface area contributed by atoms with E-state index in [-0.39, 0.29) is 17.8 Å². The number of halogens is 2. The van der Waals surface area contributed by atoms with Crippen LogP contribution in [-0.4, -0.2) is 78.4 Å². The van der Waals surface area contributed by atoms with E-state index in [0.717, 1.165) is 18.6 Å². The lowest BCUT2D eigenvalue weighted by atomic mass is 10.2. The van der Waals surface area contributed by atoms with Crippen molar-refractivity contribution in [3.8, 4) is 11.8 Å². The molecule has 0 spiro atoms. The van der Waals surface area contributed by atoms with Crippen LogP contribution in [0.2, 0.25) is 0 Å². The van der Waals surface area contributed by atoms with E-state index in [9.17, 15) is 18.4 Å². The zero-order chi connectivity index (χ0) is 28.8. The summed E-state index contributed by atoms with van der Waals surface area (Å²) < 4.78 is 26.7. The fourth-order valence-electron chi connectivity index (χ4n) is 3.16. The smallest absolute Gasteiger partial charge is 0.246 e. The third-order valence-electron chi connectivity index (χ3n) is 5.55. The highest BCUT2D eigenvalue weighted by molar-refractivity contribution is 5.92. The maximum atomic E-state index is 13.5. The van der Waals surface area contributed by atoms with Crippen LogP contribution in [0, 0.1) is 23.5 Å². The topological polar surface area (TPSA) is 102 Å². The molecule has 39 heavy (non-hydrogen) atoms. The molecule has 0 aliphatic carbocycles. The molecule has 0 aliphatic rings.